The number of hydrogen-bond acceptors (Lipinski definition) is 3. The van der Waals surface area contributed by atoms with Gasteiger partial charge in [-0.05, 0) is 48.6 Å². The number of aliphatic carboxylic acids is 1. The molecule has 0 radical (unpaired) electrons. The number of alkyl halides is 3. The summed E-state index contributed by atoms with van der Waals surface area (Å²) in [5, 5.41) is 14.8. The van der Waals surface area contributed by atoms with Gasteiger partial charge in [-0.1, -0.05) is 37.5 Å². The molecule has 6 nitrogen and oxygen atoms in total. The van der Waals surface area contributed by atoms with Crippen LogP contribution in [0, 0.1) is 0 Å². The van der Waals surface area contributed by atoms with E-state index in [1.165, 1.54) is 18.6 Å². The molecule has 33 heavy (non-hydrogen) atoms. The van der Waals surface area contributed by atoms with Gasteiger partial charge in [-0.25, -0.2) is 4.52 Å². The van der Waals surface area contributed by atoms with Crippen LogP contribution in [-0.4, -0.2) is 32.6 Å². The first kappa shape index (κ1) is 24.3. The molecule has 2 heterocycles. The van der Waals surface area contributed by atoms with Crippen LogP contribution in [0.2, 0.25) is 0 Å². The number of aromatic nitrogens is 2. The van der Waals surface area contributed by atoms with Crippen molar-refractivity contribution in [3.8, 4) is 0 Å². The molecular formula is C24H26F3N3O3. The van der Waals surface area contributed by atoms with Crippen molar-refractivity contribution < 1.29 is 27.9 Å². The minimum atomic E-state index is -4.35. The van der Waals surface area contributed by atoms with Crippen LogP contribution in [0.1, 0.15) is 66.1 Å². The van der Waals surface area contributed by atoms with Crippen molar-refractivity contribution in [3.63, 3.8) is 0 Å². The van der Waals surface area contributed by atoms with E-state index in [0.717, 1.165) is 55.9 Å². The molecule has 0 atom stereocenters. The summed E-state index contributed by atoms with van der Waals surface area (Å²) in [6.07, 6.45) is 4.82. The van der Waals surface area contributed by atoms with Gasteiger partial charge in [0.05, 0.1) is 22.8 Å². The third-order valence-electron chi connectivity index (χ3n) is 5.49. The first-order valence-electron chi connectivity index (χ1n) is 10.8. The van der Waals surface area contributed by atoms with E-state index in [2.05, 4.69) is 10.4 Å². The molecule has 0 saturated heterocycles. The number of pyridine rings is 1. The van der Waals surface area contributed by atoms with Gasteiger partial charge in [0, 0.05) is 19.2 Å². The largest absolute Gasteiger partial charge is 0.481 e. The number of nitrogens with one attached hydrogen (secondary N) is 1. The smallest absolute Gasteiger partial charge is 0.416 e. The van der Waals surface area contributed by atoms with Crippen LogP contribution in [0.3, 0.4) is 0 Å². The van der Waals surface area contributed by atoms with Gasteiger partial charge in [0.2, 0.25) is 0 Å². The van der Waals surface area contributed by atoms with Gasteiger partial charge < -0.3 is 10.4 Å². The van der Waals surface area contributed by atoms with Crippen LogP contribution in [0.25, 0.3) is 5.52 Å². The van der Waals surface area contributed by atoms with Crippen LogP contribution in [0.5, 0.6) is 0 Å². The second-order valence-corrected chi connectivity index (χ2v) is 8.08. The van der Waals surface area contributed by atoms with Crippen molar-refractivity contribution in [2.75, 3.05) is 0 Å². The van der Waals surface area contributed by atoms with E-state index in [4.69, 9.17) is 9.90 Å². The number of nitrogens with zero attached hydrogens (tertiary/aromatic N) is 2. The fraction of sp³-hybridized carbons (Fsp3) is 0.375. The van der Waals surface area contributed by atoms with Crippen molar-refractivity contribution in [2.24, 2.45) is 0 Å². The van der Waals surface area contributed by atoms with Gasteiger partial charge in [0.1, 0.15) is 0 Å². The topological polar surface area (TPSA) is 83.7 Å². The van der Waals surface area contributed by atoms with E-state index in [1.54, 1.807) is 16.9 Å². The Morgan fingerprint density at radius 3 is 2.36 bits per heavy atom. The number of carboxylic acids is 1. The lowest BCUT2D eigenvalue weighted by Gasteiger charge is -2.22. The average Bonchev–Trinajstić information content (AvgIpc) is 3.19. The SMILES string of the molecule is CC(=O)O.O=C(NC1CCCCC1)c1cnn2cccc(Cc3ccc(C(F)(F)F)cc3)c12. The molecule has 0 spiro atoms. The predicted octanol–water partition coefficient (Wildman–Crippen LogP) is 5.10. The second kappa shape index (κ2) is 10.5. The second-order valence-electron chi connectivity index (χ2n) is 8.08. The highest BCUT2D eigenvalue weighted by molar-refractivity contribution is 6.01. The molecule has 1 amide bonds. The number of rotatable bonds is 4. The van der Waals surface area contributed by atoms with Crippen molar-refractivity contribution in [1.29, 1.82) is 0 Å². The van der Waals surface area contributed by atoms with Crippen LogP contribution in [-0.2, 0) is 17.4 Å². The Morgan fingerprint density at radius 2 is 1.76 bits per heavy atom. The minimum absolute atomic E-state index is 0.147. The van der Waals surface area contributed by atoms with E-state index < -0.39 is 17.7 Å². The lowest BCUT2D eigenvalue weighted by Crippen LogP contribution is -2.36. The molecule has 1 saturated carbocycles. The fourth-order valence-electron chi connectivity index (χ4n) is 3.97. The van der Waals surface area contributed by atoms with Crippen LogP contribution in [0.4, 0.5) is 13.2 Å². The predicted molar refractivity (Wildman–Crippen MR) is 117 cm³/mol. The Morgan fingerprint density at radius 1 is 1.12 bits per heavy atom. The Bertz CT molecular complexity index is 1100. The monoisotopic (exact) mass is 461 g/mol. The normalized spacial score (nSPS) is 14.4. The molecule has 1 aliphatic carbocycles. The number of carbonyl (C=O) groups excluding carboxylic acids is 1. The molecular weight excluding hydrogens is 435 g/mol. The van der Waals surface area contributed by atoms with E-state index in [0.29, 0.717) is 17.5 Å². The summed E-state index contributed by atoms with van der Waals surface area (Å²) in [4.78, 5) is 21.9. The molecule has 3 aromatic rings. The first-order valence-corrected chi connectivity index (χ1v) is 10.8. The Balaban J connectivity index is 0.000000709. The lowest BCUT2D eigenvalue weighted by molar-refractivity contribution is -0.137. The zero-order chi connectivity index (χ0) is 24.0. The molecule has 2 aromatic heterocycles. The van der Waals surface area contributed by atoms with Crippen LogP contribution in [0.15, 0.2) is 48.8 Å². The van der Waals surface area contributed by atoms with Gasteiger partial charge in [-0.3, -0.25) is 9.59 Å². The molecule has 0 unspecified atom stereocenters. The van der Waals surface area contributed by atoms with Gasteiger partial charge >= 0.3 is 6.18 Å². The van der Waals surface area contributed by atoms with Crippen molar-refractivity contribution >= 4 is 17.4 Å². The summed E-state index contributed by atoms with van der Waals surface area (Å²) in [5.41, 5.74) is 2.11. The highest BCUT2D eigenvalue weighted by Crippen LogP contribution is 2.30. The number of hydrogen-bond donors (Lipinski definition) is 2. The first-order chi connectivity index (χ1) is 15.6. The van der Waals surface area contributed by atoms with E-state index in [1.807, 2.05) is 12.1 Å². The highest BCUT2D eigenvalue weighted by atomic mass is 19.4. The summed E-state index contributed by atoms with van der Waals surface area (Å²) >= 11 is 0. The maximum Gasteiger partial charge on any atom is 0.416 e. The van der Waals surface area contributed by atoms with Gasteiger partial charge in [0.25, 0.3) is 11.9 Å². The zero-order valence-corrected chi connectivity index (χ0v) is 18.2. The summed E-state index contributed by atoms with van der Waals surface area (Å²) in [7, 11) is 0. The molecule has 0 aliphatic heterocycles. The average molecular weight is 461 g/mol. The summed E-state index contributed by atoms with van der Waals surface area (Å²) in [6.45, 7) is 1.08. The van der Waals surface area contributed by atoms with Crippen LogP contribution < -0.4 is 5.32 Å². The number of carboxylic acid groups (broad SMARTS) is 1. The summed E-state index contributed by atoms with van der Waals surface area (Å²) in [6, 6.07) is 9.02. The molecule has 9 heteroatoms. The van der Waals surface area contributed by atoms with Gasteiger partial charge in [0.15, 0.2) is 0 Å². The maximum atomic E-state index is 12.9. The Hall–Kier alpha value is -3.36. The number of benzene rings is 1. The van der Waals surface area contributed by atoms with Gasteiger partial charge in [-0.2, -0.15) is 18.3 Å². The highest BCUT2D eigenvalue weighted by Gasteiger charge is 2.30. The number of amides is 1. The molecule has 1 aliphatic rings. The number of halogens is 3. The Labute approximate surface area is 189 Å². The minimum Gasteiger partial charge on any atom is -0.481 e. The van der Waals surface area contributed by atoms with Crippen molar-refractivity contribution in [3.05, 3.63) is 71.0 Å². The molecule has 1 aromatic carbocycles. The number of carbonyl (C=O) groups is 2. The maximum absolute atomic E-state index is 12.9. The third-order valence-corrected chi connectivity index (χ3v) is 5.49. The Kier molecular flexibility index (Phi) is 7.73. The third kappa shape index (κ3) is 6.57. The van der Waals surface area contributed by atoms with E-state index in [-0.39, 0.29) is 11.9 Å². The van der Waals surface area contributed by atoms with Crippen LogP contribution >= 0.6 is 0 Å². The lowest BCUT2D eigenvalue weighted by atomic mass is 9.95. The fourth-order valence-corrected chi connectivity index (χ4v) is 3.97. The molecule has 0 bridgehead atoms. The van der Waals surface area contributed by atoms with E-state index in [9.17, 15) is 18.0 Å². The summed E-state index contributed by atoms with van der Waals surface area (Å²) in [5.74, 6) is -0.980. The summed E-state index contributed by atoms with van der Waals surface area (Å²) < 4.78 is 40.0. The van der Waals surface area contributed by atoms with Crippen molar-refractivity contribution in [1.82, 2.24) is 14.9 Å². The standard InChI is InChI=1S/C22H22F3N3O.C2H4O2/c23-22(24,25)17-10-8-15(9-11-17)13-16-5-4-12-28-20(16)19(14-26-28)21(29)27-18-6-2-1-3-7-18;1-2(3)4/h4-5,8-12,14,18H,1-3,6-7,13H2,(H,27,29);1H3,(H,3,4). The van der Waals surface area contributed by atoms with Crippen molar-refractivity contribution in [2.45, 2.75) is 57.7 Å². The van der Waals surface area contributed by atoms with Gasteiger partial charge in [-0.15, -0.1) is 0 Å². The quantitative estimate of drug-likeness (QED) is 0.567. The number of fused-ring (bicyclic) bond motifs is 1. The molecule has 2 N–H and O–H groups in total. The molecule has 4 rings (SSSR count). The zero-order valence-electron chi connectivity index (χ0n) is 18.2. The molecule has 176 valence electrons. The molecule has 1 fully saturated rings. The van der Waals surface area contributed by atoms with E-state index >= 15 is 0 Å².